The fraction of sp³-hybridized carbons (Fsp3) is 0.308. The van der Waals surface area contributed by atoms with E-state index in [1.807, 2.05) is 29.8 Å². The summed E-state index contributed by atoms with van der Waals surface area (Å²) in [5, 5.41) is 4.39. The Morgan fingerprint density at radius 3 is 2.61 bits per heavy atom. The lowest BCUT2D eigenvalue weighted by Gasteiger charge is -2.41. The van der Waals surface area contributed by atoms with Crippen molar-refractivity contribution in [1.29, 1.82) is 0 Å². The minimum atomic E-state index is -0.461. The highest BCUT2D eigenvalue weighted by molar-refractivity contribution is 6.05. The summed E-state index contributed by atoms with van der Waals surface area (Å²) < 4.78 is 21.2. The van der Waals surface area contributed by atoms with Crippen molar-refractivity contribution in [3.8, 4) is 11.4 Å². The molecule has 0 bridgehead atoms. The monoisotopic (exact) mass is 445 g/mol. The molecular formula is C26H28FN5O. The van der Waals surface area contributed by atoms with Gasteiger partial charge >= 0.3 is 0 Å². The van der Waals surface area contributed by atoms with Crippen molar-refractivity contribution in [2.45, 2.75) is 39.3 Å². The summed E-state index contributed by atoms with van der Waals surface area (Å²) in [5.74, 6) is 1.53. The molecule has 1 aromatic heterocycles. The lowest BCUT2D eigenvalue weighted by Crippen LogP contribution is -2.51. The van der Waals surface area contributed by atoms with Crippen molar-refractivity contribution >= 4 is 17.6 Å². The second-order valence-corrected chi connectivity index (χ2v) is 8.97. The molecule has 2 aromatic carbocycles. The molecule has 5 rings (SSSR count). The molecule has 1 saturated heterocycles. The molecule has 170 valence electrons. The number of imidazole rings is 1. The molecular weight excluding hydrogens is 417 g/mol. The van der Waals surface area contributed by atoms with E-state index in [1.165, 1.54) is 17.7 Å². The second-order valence-electron chi connectivity index (χ2n) is 8.97. The molecule has 33 heavy (non-hydrogen) atoms. The van der Waals surface area contributed by atoms with Crippen LogP contribution in [0.4, 0.5) is 10.1 Å². The van der Waals surface area contributed by atoms with Crippen LogP contribution in [0.3, 0.4) is 0 Å². The van der Waals surface area contributed by atoms with Gasteiger partial charge in [0.25, 0.3) is 0 Å². The summed E-state index contributed by atoms with van der Waals surface area (Å²) in [6.07, 6.45) is 7.94. The van der Waals surface area contributed by atoms with Crippen LogP contribution in [0.1, 0.15) is 37.9 Å². The van der Waals surface area contributed by atoms with Gasteiger partial charge in [0.15, 0.2) is 0 Å². The molecule has 0 radical (unpaired) electrons. The Hall–Kier alpha value is -3.61. The van der Waals surface area contributed by atoms with Gasteiger partial charge in [-0.2, -0.15) is 0 Å². The number of methoxy groups -OCH3 is 1. The Morgan fingerprint density at radius 1 is 1.12 bits per heavy atom. The van der Waals surface area contributed by atoms with Crippen molar-refractivity contribution in [2.24, 2.45) is 4.99 Å². The smallest absolute Gasteiger partial charge is 0.148 e. The number of halogens is 1. The number of hydrogen-bond donors (Lipinski definition) is 0. The van der Waals surface area contributed by atoms with Crippen LogP contribution in [0.15, 0.2) is 65.6 Å². The maximum atomic E-state index is 13.5. The number of piperidine rings is 1. The first-order chi connectivity index (χ1) is 15.9. The normalized spacial score (nSPS) is 18.5. The van der Waals surface area contributed by atoms with Crippen LogP contribution in [0.25, 0.3) is 11.8 Å². The Balaban J connectivity index is 1.49. The molecule has 0 N–H and O–H groups in total. The third-order valence-corrected chi connectivity index (χ3v) is 6.09. The number of amidine groups is 1. The highest BCUT2D eigenvalue weighted by atomic mass is 19.1. The first-order valence-corrected chi connectivity index (χ1v) is 11.2. The Kier molecular flexibility index (Phi) is 5.19. The van der Waals surface area contributed by atoms with Gasteiger partial charge in [-0.1, -0.05) is 6.07 Å². The van der Waals surface area contributed by atoms with Gasteiger partial charge < -0.3 is 9.30 Å². The van der Waals surface area contributed by atoms with E-state index in [2.05, 4.69) is 53.1 Å². The summed E-state index contributed by atoms with van der Waals surface area (Å²) in [6.45, 7) is 7.02. The zero-order chi connectivity index (χ0) is 23.2. The molecule has 0 unspecified atom stereocenters. The Bertz CT molecular complexity index is 1240. The quantitative estimate of drug-likeness (QED) is 0.541. The summed E-state index contributed by atoms with van der Waals surface area (Å²) in [6, 6.07) is 12.8. The van der Waals surface area contributed by atoms with Crippen molar-refractivity contribution in [3.05, 3.63) is 77.6 Å². The molecule has 2 aliphatic heterocycles. The highest BCUT2D eigenvalue weighted by Gasteiger charge is 2.42. The van der Waals surface area contributed by atoms with Gasteiger partial charge in [0.2, 0.25) is 0 Å². The Morgan fingerprint density at radius 2 is 1.91 bits per heavy atom. The highest BCUT2D eigenvalue weighted by Crippen LogP contribution is 2.38. The molecule has 0 spiro atoms. The van der Waals surface area contributed by atoms with Crippen molar-refractivity contribution < 1.29 is 9.13 Å². The van der Waals surface area contributed by atoms with Gasteiger partial charge in [0.1, 0.15) is 23.1 Å². The number of anilines is 1. The zero-order valence-corrected chi connectivity index (χ0v) is 19.4. The van der Waals surface area contributed by atoms with Crippen LogP contribution in [-0.4, -0.2) is 39.7 Å². The largest absolute Gasteiger partial charge is 0.495 e. The van der Waals surface area contributed by atoms with Gasteiger partial charge in [-0.05, 0) is 87.2 Å². The fourth-order valence-electron chi connectivity index (χ4n) is 4.65. The first kappa shape index (κ1) is 21.2. The average Bonchev–Trinajstić information content (AvgIpc) is 3.34. The average molecular weight is 446 g/mol. The number of benzene rings is 2. The van der Waals surface area contributed by atoms with Crippen LogP contribution < -0.4 is 9.75 Å². The molecule has 7 heteroatoms. The number of aryl methyl sites for hydroxylation is 1. The van der Waals surface area contributed by atoms with Crippen LogP contribution >= 0.6 is 0 Å². The van der Waals surface area contributed by atoms with Crippen molar-refractivity contribution in [2.75, 3.05) is 18.7 Å². The van der Waals surface area contributed by atoms with Gasteiger partial charge in [0, 0.05) is 12.7 Å². The molecule has 0 amide bonds. The molecule has 2 aliphatic rings. The minimum Gasteiger partial charge on any atom is -0.495 e. The van der Waals surface area contributed by atoms with Crippen molar-refractivity contribution in [3.63, 3.8) is 0 Å². The number of nitrogens with zero attached hydrogens (tertiary/aromatic N) is 5. The van der Waals surface area contributed by atoms with E-state index >= 15 is 0 Å². The van der Waals surface area contributed by atoms with Gasteiger partial charge in [-0.25, -0.2) is 14.4 Å². The number of rotatable bonds is 4. The fourth-order valence-corrected chi connectivity index (χ4v) is 4.65. The molecule has 0 aliphatic carbocycles. The summed E-state index contributed by atoms with van der Waals surface area (Å²) in [7, 11) is 1.69. The molecule has 6 nitrogen and oxygen atoms in total. The first-order valence-electron chi connectivity index (χ1n) is 11.2. The predicted molar refractivity (Wildman–Crippen MR) is 129 cm³/mol. The lowest BCUT2D eigenvalue weighted by atomic mass is 10.0. The molecule has 0 atom stereocenters. The topological polar surface area (TPSA) is 45.9 Å². The number of hydrogen-bond acceptors (Lipinski definition) is 5. The summed E-state index contributed by atoms with van der Waals surface area (Å²) >= 11 is 0. The van der Waals surface area contributed by atoms with Gasteiger partial charge in [-0.3, -0.25) is 10.0 Å². The Labute approximate surface area is 193 Å². The van der Waals surface area contributed by atoms with E-state index in [1.54, 1.807) is 13.4 Å². The number of aliphatic imine (C=N–C) groups is 1. The summed E-state index contributed by atoms with van der Waals surface area (Å²) in [4.78, 5) is 9.39. The predicted octanol–water partition coefficient (Wildman–Crippen LogP) is 5.38. The number of ether oxygens (including phenoxy) is 1. The van der Waals surface area contributed by atoms with E-state index in [0.29, 0.717) is 0 Å². The SMILES string of the molecule is COc1cc(C=C2CCCN3C2=NC(C)(C)N3c2ccc(F)cc2)ccc1-n1cnc(C)c1. The standard InChI is InChI=1S/C26H28FN5O/c1-18-16-30(17-28-18)23-12-7-19(15-24(23)33-4)14-20-6-5-13-31-25(20)29-26(2,3)32(31)22-10-8-21(27)9-11-22/h7-12,14-17H,5-6,13H2,1-4H3. The third-order valence-electron chi connectivity index (χ3n) is 6.09. The third kappa shape index (κ3) is 3.88. The second kappa shape index (κ2) is 8.06. The van der Waals surface area contributed by atoms with Crippen LogP contribution in [0, 0.1) is 12.7 Å². The van der Waals surface area contributed by atoms with Crippen LogP contribution in [0.5, 0.6) is 5.75 Å². The van der Waals surface area contributed by atoms with Gasteiger partial charge in [-0.15, -0.1) is 0 Å². The maximum absolute atomic E-state index is 13.5. The van der Waals surface area contributed by atoms with E-state index in [4.69, 9.17) is 9.73 Å². The van der Waals surface area contributed by atoms with E-state index in [9.17, 15) is 4.39 Å². The number of fused-ring (bicyclic) bond motifs is 1. The van der Waals surface area contributed by atoms with Crippen molar-refractivity contribution in [1.82, 2.24) is 14.6 Å². The molecule has 1 fully saturated rings. The minimum absolute atomic E-state index is 0.237. The molecule has 3 heterocycles. The molecule has 3 aromatic rings. The lowest BCUT2D eigenvalue weighted by molar-refractivity contribution is 0.316. The number of aromatic nitrogens is 2. The maximum Gasteiger partial charge on any atom is 0.148 e. The van der Waals surface area contributed by atoms with Gasteiger partial charge in [0.05, 0.1) is 30.5 Å². The van der Waals surface area contributed by atoms with E-state index < -0.39 is 5.66 Å². The van der Waals surface area contributed by atoms with Crippen LogP contribution in [0.2, 0.25) is 0 Å². The van der Waals surface area contributed by atoms with E-state index in [0.717, 1.165) is 53.6 Å². The molecule has 0 saturated carbocycles. The van der Waals surface area contributed by atoms with Crippen LogP contribution in [-0.2, 0) is 0 Å². The zero-order valence-electron chi connectivity index (χ0n) is 19.4. The van der Waals surface area contributed by atoms with E-state index in [-0.39, 0.29) is 5.82 Å². The number of hydrazine groups is 1. The summed E-state index contributed by atoms with van der Waals surface area (Å²) in [5.41, 5.74) is 4.63.